The molecule has 0 radical (unpaired) electrons. The van der Waals surface area contributed by atoms with E-state index in [-0.39, 0.29) is 16.5 Å². The van der Waals surface area contributed by atoms with Crippen LogP contribution in [0, 0.1) is 0 Å². The lowest BCUT2D eigenvalue weighted by molar-refractivity contribution is 0.0949. The first-order valence-electron chi connectivity index (χ1n) is 4.83. The summed E-state index contributed by atoms with van der Waals surface area (Å²) in [6.45, 7) is 1.00. The summed E-state index contributed by atoms with van der Waals surface area (Å²) < 4.78 is 4.92. The molecule has 2 N–H and O–H groups in total. The molecule has 1 atom stereocenters. The van der Waals surface area contributed by atoms with E-state index >= 15 is 0 Å². The van der Waals surface area contributed by atoms with Gasteiger partial charge < -0.3 is 15.2 Å². The third-order valence-electron chi connectivity index (χ3n) is 1.94. The van der Waals surface area contributed by atoms with E-state index in [9.17, 15) is 9.90 Å². The zero-order chi connectivity index (χ0) is 12.0. The van der Waals surface area contributed by atoms with Gasteiger partial charge in [-0.3, -0.25) is 4.79 Å². The molecule has 1 aromatic rings. The summed E-state index contributed by atoms with van der Waals surface area (Å²) in [6.07, 6.45) is 0. The van der Waals surface area contributed by atoms with Crippen molar-refractivity contribution in [1.29, 1.82) is 0 Å². The Balaban J connectivity index is 2.47. The van der Waals surface area contributed by atoms with Crippen LogP contribution in [-0.4, -0.2) is 36.1 Å². The van der Waals surface area contributed by atoms with Crippen molar-refractivity contribution in [2.24, 2.45) is 0 Å². The van der Waals surface area contributed by atoms with Crippen molar-refractivity contribution >= 4 is 21.8 Å². The second kappa shape index (κ2) is 6.50. The van der Waals surface area contributed by atoms with Crippen molar-refractivity contribution in [1.82, 2.24) is 5.32 Å². The highest BCUT2D eigenvalue weighted by molar-refractivity contribution is 9.09. The predicted molar refractivity (Wildman–Crippen MR) is 65.0 cm³/mol. The number of carbonyl (C=O) groups is 1. The van der Waals surface area contributed by atoms with Gasteiger partial charge in [-0.15, -0.1) is 0 Å². The quantitative estimate of drug-likeness (QED) is 0.808. The minimum Gasteiger partial charge on any atom is -0.508 e. The van der Waals surface area contributed by atoms with Gasteiger partial charge in [-0.2, -0.15) is 0 Å². The lowest BCUT2D eigenvalue weighted by atomic mass is 10.2. The van der Waals surface area contributed by atoms with Crippen LogP contribution in [0.2, 0.25) is 0 Å². The van der Waals surface area contributed by atoms with Crippen molar-refractivity contribution in [3.8, 4) is 5.75 Å². The fourth-order valence-electron chi connectivity index (χ4n) is 1.19. The zero-order valence-electron chi connectivity index (χ0n) is 8.94. The van der Waals surface area contributed by atoms with E-state index in [1.165, 1.54) is 12.1 Å². The number of benzene rings is 1. The molecule has 1 unspecified atom stereocenters. The molecule has 0 saturated carbocycles. The van der Waals surface area contributed by atoms with Crippen LogP contribution in [0.5, 0.6) is 5.75 Å². The van der Waals surface area contributed by atoms with Gasteiger partial charge in [-0.1, -0.05) is 22.0 Å². The highest BCUT2D eigenvalue weighted by Crippen LogP contribution is 2.10. The third-order valence-corrected chi connectivity index (χ3v) is 2.53. The Morgan fingerprint density at radius 2 is 2.38 bits per heavy atom. The molecule has 0 aliphatic carbocycles. The number of hydrogen-bond acceptors (Lipinski definition) is 3. The first-order chi connectivity index (χ1) is 7.63. The van der Waals surface area contributed by atoms with E-state index in [0.717, 1.165) is 0 Å². The molecule has 0 fully saturated rings. The van der Waals surface area contributed by atoms with E-state index in [1.807, 2.05) is 0 Å². The van der Waals surface area contributed by atoms with Gasteiger partial charge in [0.05, 0.1) is 11.4 Å². The van der Waals surface area contributed by atoms with Crippen LogP contribution in [0.3, 0.4) is 0 Å². The molecule has 5 heteroatoms. The number of aromatic hydroxyl groups is 1. The Kier molecular flexibility index (Phi) is 5.28. The Morgan fingerprint density at radius 3 is 3.00 bits per heavy atom. The van der Waals surface area contributed by atoms with Gasteiger partial charge in [0.1, 0.15) is 5.75 Å². The summed E-state index contributed by atoms with van der Waals surface area (Å²) in [5.74, 6) is -0.128. The molecule has 88 valence electrons. The summed E-state index contributed by atoms with van der Waals surface area (Å²) >= 11 is 3.36. The number of phenolic OH excluding ortho intramolecular Hbond substituents is 1. The molecule has 0 saturated heterocycles. The van der Waals surface area contributed by atoms with Gasteiger partial charge in [0.25, 0.3) is 5.91 Å². The van der Waals surface area contributed by atoms with Crippen molar-refractivity contribution in [3.05, 3.63) is 29.8 Å². The number of amides is 1. The second-order valence-corrected chi connectivity index (χ2v) is 4.61. The van der Waals surface area contributed by atoms with Crippen molar-refractivity contribution in [2.75, 3.05) is 20.3 Å². The summed E-state index contributed by atoms with van der Waals surface area (Å²) in [7, 11) is 1.60. The average Bonchev–Trinajstić information content (AvgIpc) is 2.26. The van der Waals surface area contributed by atoms with Crippen molar-refractivity contribution in [3.63, 3.8) is 0 Å². The Hall–Kier alpha value is -1.07. The van der Waals surface area contributed by atoms with E-state index < -0.39 is 0 Å². The first kappa shape index (κ1) is 13.0. The minimum absolute atomic E-state index is 0.0822. The maximum absolute atomic E-state index is 11.6. The smallest absolute Gasteiger partial charge is 0.251 e. The predicted octanol–water partition coefficient (Wildman–Crippen LogP) is 1.53. The summed E-state index contributed by atoms with van der Waals surface area (Å²) in [6, 6.07) is 6.23. The van der Waals surface area contributed by atoms with Crippen LogP contribution in [-0.2, 0) is 4.74 Å². The van der Waals surface area contributed by atoms with Crippen LogP contribution in [0.1, 0.15) is 10.4 Å². The molecular weight excluding hydrogens is 274 g/mol. The highest BCUT2D eigenvalue weighted by atomic mass is 79.9. The SMILES string of the molecule is COCC(Br)CNC(=O)c1cccc(O)c1. The van der Waals surface area contributed by atoms with Crippen LogP contribution >= 0.6 is 15.9 Å². The molecule has 1 amide bonds. The lowest BCUT2D eigenvalue weighted by Crippen LogP contribution is -2.31. The highest BCUT2D eigenvalue weighted by Gasteiger charge is 2.08. The molecule has 1 aromatic carbocycles. The Morgan fingerprint density at radius 1 is 1.62 bits per heavy atom. The van der Waals surface area contributed by atoms with Gasteiger partial charge in [-0.25, -0.2) is 0 Å². The molecule has 16 heavy (non-hydrogen) atoms. The zero-order valence-corrected chi connectivity index (χ0v) is 10.5. The average molecular weight is 288 g/mol. The number of nitrogens with one attached hydrogen (secondary N) is 1. The van der Waals surface area contributed by atoms with Crippen LogP contribution in [0.4, 0.5) is 0 Å². The van der Waals surface area contributed by atoms with E-state index in [1.54, 1.807) is 19.2 Å². The van der Waals surface area contributed by atoms with Crippen LogP contribution in [0.25, 0.3) is 0 Å². The van der Waals surface area contributed by atoms with Crippen molar-refractivity contribution < 1.29 is 14.6 Å². The maximum Gasteiger partial charge on any atom is 0.251 e. The molecule has 4 nitrogen and oxygen atoms in total. The summed E-state index contributed by atoms with van der Waals surface area (Å²) in [4.78, 5) is 11.7. The number of alkyl halides is 1. The molecular formula is C11H14BrNO3. The lowest BCUT2D eigenvalue weighted by Gasteiger charge is -2.10. The Bertz CT molecular complexity index is 357. The largest absolute Gasteiger partial charge is 0.508 e. The van der Waals surface area contributed by atoms with Gasteiger partial charge in [0, 0.05) is 19.2 Å². The molecule has 0 spiro atoms. The Labute approximate surface area is 103 Å². The van der Waals surface area contributed by atoms with Crippen LogP contribution in [0.15, 0.2) is 24.3 Å². The fraction of sp³-hybridized carbons (Fsp3) is 0.364. The monoisotopic (exact) mass is 287 g/mol. The van der Waals surface area contributed by atoms with Crippen molar-refractivity contribution in [2.45, 2.75) is 4.83 Å². The molecule has 1 rings (SSSR count). The topological polar surface area (TPSA) is 58.6 Å². The van der Waals surface area contributed by atoms with E-state index in [0.29, 0.717) is 18.7 Å². The van der Waals surface area contributed by atoms with Gasteiger partial charge in [-0.05, 0) is 18.2 Å². The second-order valence-electron chi connectivity index (χ2n) is 3.31. The molecule has 0 heterocycles. The fourth-order valence-corrected chi connectivity index (χ4v) is 1.62. The standard InChI is InChI=1S/C11H14BrNO3/c1-16-7-9(12)6-13-11(15)8-3-2-4-10(14)5-8/h2-5,9,14H,6-7H2,1H3,(H,13,15). The van der Waals surface area contributed by atoms with Gasteiger partial charge >= 0.3 is 0 Å². The number of hydrogen-bond donors (Lipinski definition) is 2. The molecule has 0 aliphatic heterocycles. The normalized spacial score (nSPS) is 12.1. The third kappa shape index (κ3) is 4.20. The number of rotatable bonds is 5. The molecule has 0 aliphatic rings. The molecule has 0 bridgehead atoms. The summed E-state index contributed by atoms with van der Waals surface area (Å²) in [5, 5.41) is 11.9. The number of phenols is 1. The van der Waals surface area contributed by atoms with Gasteiger partial charge in [0.2, 0.25) is 0 Å². The number of halogens is 1. The molecule has 0 aromatic heterocycles. The first-order valence-corrected chi connectivity index (χ1v) is 5.75. The number of methoxy groups -OCH3 is 1. The minimum atomic E-state index is -0.212. The number of ether oxygens (including phenoxy) is 1. The van der Waals surface area contributed by atoms with E-state index in [4.69, 9.17) is 4.74 Å². The van der Waals surface area contributed by atoms with Crippen LogP contribution < -0.4 is 5.32 Å². The van der Waals surface area contributed by atoms with E-state index in [2.05, 4.69) is 21.2 Å². The van der Waals surface area contributed by atoms with Gasteiger partial charge in [0.15, 0.2) is 0 Å². The number of carbonyl (C=O) groups excluding carboxylic acids is 1. The summed E-state index contributed by atoms with van der Waals surface area (Å²) in [5.41, 5.74) is 0.442. The maximum atomic E-state index is 11.6.